The molecule has 1 heterocycles. The van der Waals surface area contributed by atoms with E-state index >= 15 is 0 Å². The van der Waals surface area contributed by atoms with E-state index in [0.717, 1.165) is 6.54 Å². The number of amides is 1. The molecule has 2 N–H and O–H groups in total. The first-order valence-electron chi connectivity index (χ1n) is 6.74. The van der Waals surface area contributed by atoms with Crippen LogP contribution in [0.3, 0.4) is 0 Å². The molecule has 1 atom stereocenters. The first-order chi connectivity index (χ1) is 10.0. The first-order valence-corrected chi connectivity index (χ1v) is 7.12. The van der Waals surface area contributed by atoms with Gasteiger partial charge in [-0.1, -0.05) is 24.6 Å². The molecule has 2 aromatic rings. The number of aromatic hydroxyl groups is 1. The highest BCUT2D eigenvalue weighted by atomic mass is 35.5. The van der Waals surface area contributed by atoms with Crippen molar-refractivity contribution < 1.29 is 9.90 Å². The summed E-state index contributed by atoms with van der Waals surface area (Å²) in [5, 5.41) is 12.6. The lowest BCUT2D eigenvalue weighted by molar-refractivity contribution is -0.120. The quantitative estimate of drug-likeness (QED) is 0.860. The van der Waals surface area contributed by atoms with Crippen molar-refractivity contribution in [3.05, 3.63) is 47.5 Å². The Balaban J connectivity index is 1.79. The van der Waals surface area contributed by atoms with Crippen molar-refractivity contribution in [3.8, 4) is 5.75 Å². The summed E-state index contributed by atoms with van der Waals surface area (Å²) in [6.07, 6.45) is 5.60. The summed E-state index contributed by atoms with van der Waals surface area (Å²) < 4.78 is 1.98. The fourth-order valence-corrected chi connectivity index (χ4v) is 2.26. The van der Waals surface area contributed by atoms with Crippen LogP contribution in [-0.4, -0.2) is 27.1 Å². The molecule has 0 aliphatic heterocycles. The smallest absolute Gasteiger partial charge is 0.224 e. The Morgan fingerprint density at radius 2 is 2.33 bits per heavy atom. The minimum Gasteiger partial charge on any atom is -0.508 e. The molecule has 1 amide bonds. The van der Waals surface area contributed by atoms with Gasteiger partial charge in [-0.2, -0.15) is 0 Å². The second-order valence-corrected chi connectivity index (χ2v) is 5.53. The molecule has 0 bridgehead atoms. The number of rotatable bonds is 6. The molecule has 0 saturated carbocycles. The highest BCUT2D eigenvalue weighted by molar-refractivity contribution is 6.31. The average Bonchev–Trinajstić information content (AvgIpc) is 2.92. The molecular formula is C15H18ClN3O2. The Labute approximate surface area is 128 Å². The lowest BCUT2D eigenvalue weighted by Gasteiger charge is -2.13. The molecular weight excluding hydrogens is 290 g/mol. The Morgan fingerprint density at radius 1 is 1.52 bits per heavy atom. The first kappa shape index (κ1) is 15.4. The number of hydrogen-bond donors (Lipinski definition) is 2. The maximum absolute atomic E-state index is 11.9. The number of nitrogens with zero attached hydrogens (tertiary/aromatic N) is 2. The normalized spacial score (nSPS) is 12.1. The third-order valence-corrected chi connectivity index (χ3v) is 3.47. The van der Waals surface area contributed by atoms with E-state index in [4.69, 9.17) is 11.6 Å². The van der Waals surface area contributed by atoms with E-state index in [9.17, 15) is 9.90 Å². The maximum Gasteiger partial charge on any atom is 0.224 e. The fraction of sp³-hybridized carbons (Fsp3) is 0.333. The zero-order chi connectivity index (χ0) is 15.2. The standard InChI is InChI=1S/C15H18ClN3O2/c1-11(9-19-5-4-17-10-19)8-18-15(21)6-12-2-3-13(20)7-14(12)16/h2-5,7,10-11,20H,6,8-9H2,1H3,(H,18,21)/t11-/m0/s1. The topological polar surface area (TPSA) is 67.2 Å². The third kappa shape index (κ3) is 4.79. The number of phenols is 1. The highest BCUT2D eigenvalue weighted by Gasteiger charge is 2.09. The number of carbonyl (C=O) groups is 1. The van der Waals surface area contributed by atoms with E-state index in [1.54, 1.807) is 18.6 Å². The number of nitrogens with one attached hydrogen (secondary N) is 1. The predicted octanol–water partition coefficient (Wildman–Crippen LogP) is 2.24. The summed E-state index contributed by atoms with van der Waals surface area (Å²) in [6.45, 7) is 3.46. The molecule has 112 valence electrons. The second kappa shape index (κ2) is 7.13. The van der Waals surface area contributed by atoms with Crippen LogP contribution < -0.4 is 5.32 Å². The van der Waals surface area contributed by atoms with Crippen molar-refractivity contribution in [3.63, 3.8) is 0 Å². The maximum atomic E-state index is 11.9. The lowest BCUT2D eigenvalue weighted by atomic mass is 10.1. The van der Waals surface area contributed by atoms with Crippen LogP contribution in [0.1, 0.15) is 12.5 Å². The predicted molar refractivity (Wildman–Crippen MR) is 81.2 cm³/mol. The largest absolute Gasteiger partial charge is 0.508 e. The Bertz CT molecular complexity index is 599. The number of halogens is 1. The SMILES string of the molecule is C[C@@H](CNC(=O)Cc1ccc(O)cc1Cl)Cn1ccnc1. The molecule has 0 aliphatic rings. The number of phenolic OH excluding ortho intramolecular Hbond substituents is 1. The number of benzene rings is 1. The van der Waals surface area contributed by atoms with Crippen LogP contribution in [-0.2, 0) is 17.8 Å². The summed E-state index contributed by atoms with van der Waals surface area (Å²) in [5.41, 5.74) is 0.703. The molecule has 2 rings (SSSR count). The molecule has 21 heavy (non-hydrogen) atoms. The van der Waals surface area contributed by atoms with Crippen LogP contribution in [0.5, 0.6) is 5.75 Å². The van der Waals surface area contributed by atoms with Crippen molar-refractivity contribution in [2.75, 3.05) is 6.54 Å². The summed E-state index contributed by atoms with van der Waals surface area (Å²) in [6, 6.07) is 4.62. The average molecular weight is 308 g/mol. The van der Waals surface area contributed by atoms with Gasteiger partial charge in [0.05, 0.1) is 12.7 Å². The van der Waals surface area contributed by atoms with E-state index in [2.05, 4.69) is 17.2 Å². The molecule has 0 unspecified atom stereocenters. The van der Waals surface area contributed by atoms with Crippen molar-refractivity contribution in [2.45, 2.75) is 19.9 Å². The minimum absolute atomic E-state index is 0.0833. The monoisotopic (exact) mass is 307 g/mol. The molecule has 1 aromatic heterocycles. The van der Waals surface area contributed by atoms with Gasteiger partial charge in [0.2, 0.25) is 5.91 Å². The Hall–Kier alpha value is -2.01. The summed E-state index contributed by atoms with van der Waals surface area (Å²) in [4.78, 5) is 15.9. The fourth-order valence-electron chi connectivity index (χ4n) is 2.02. The van der Waals surface area contributed by atoms with E-state index in [-0.39, 0.29) is 18.1 Å². The van der Waals surface area contributed by atoms with E-state index in [1.165, 1.54) is 12.1 Å². The van der Waals surface area contributed by atoms with Gasteiger partial charge in [0, 0.05) is 30.5 Å². The second-order valence-electron chi connectivity index (χ2n) is 5.12. The molecule has 0 spiro atoms. The van der Waals surface area contributed by atoms with Crippen molar-refractivity contribution in [1.82, 2.24) is 14.9 Å². The van der Waals surface area contributed by atoms with Gasteiger partial charge < -0.3 is 15.0 Å². The van der Waals surface area contributed by atoms with Gasteiger partial charge >= 0.3 is 0 Å². The zero-order valence-corrected chi connectivity index (χ0v) is 12.5. The van der Waals surface area contributed by atoms with Crippen molar-refractivity contribution in [1.29, 1.82) is 0 Å². The number of hydrogen-bond acceptors (Lipinski definition) is 3. The molecule has 1 aromatic carbocycles. The summed E-state index contributed by atoms with van der Waals surface area (Å²) in [7, 11) is 0. The molecule has 5 nitrogen and oxygen atoms in total. The van der Waals surface area contributed by atoms with Gasteiger partial charge in [0.25, 0.3) is 0 Å². The van der Waals surface area contributed by atoms with Gasteiger partial charge in [-0.05, 0) is 23.6 Å². The van der Waals surface area contributed by atoms with E-state index in [0.29, 0.717) is 23.0 Å². The van der Waals surface area contributed by atoms with Crippen LogP contribution >= 0.6 is 11.6 Å². The Kier molecular flexibility index (Phi) is 5.22. The molecule has 0 saturated heterocycles. The summed E-state index contributed by atoms with van der Waals surface area (Å²) in [5.74, 6) is 0.316. The minimum atomic E-state index is -0.0833. The molecule has 6 heteroatoms. The zero-order valence-electron chi connectivity index (χ0n) is 11.8. The van der Waals surface area contributed by atoms with Gasteiger partial charge in [0.1, 0.15) is 5.75 Å². The van der Waals surface area contributed by atoms with E-state index < -0.39 is 0 Å². The highest BCUT2D eigenvalue weighted by Crippen LogP contribution is 2.21. The van der Waals surface area contributed by atoms with Crippen LogP contribution in [0.15, 0.2) is 36.9 Å². The number of carbonyl (C=O) groups excluding carboxylic acids is 1. The van der Waals surface area contributed by atoms with Crippen molar-refractivity contribution in [2.24, 2.45) is 5.92 Å². The van der Waals surface area contributed by atoms with Gasteiger partial charge in [-0.15, -0.1) is 0 Å². The van der Waals surface area contributed by atoms with E-state index in [1.807, 2.05) is 10.8 Å². The van der Waals surface area contributed by atoms with Gasteiger partial charge in [0.15, 0.2) is 0 Å². The number of imidazole rings is 1. The van der Waals surface area contributed by atoms with Crippen LogP contribution in [0, 0.1) is 5.92 Å². The van der Waals surface area contributed by atoms with Crippen LogP contribution in [0.4, 0.5) is 0 Å². The lowest BCUT2D eigenvalue weighted by Crippen LogP contribution is -2.31. The third-order valence-electron chi connectivity index (χ3n) is 3.12. The number of aromatic nitrogens is 2. The van der Waals surface area contributed by atoms with Gasteiger partial charge in [-0.25, -0.2) is 4.98 Å². The Morgan fingerprint density at radius 3 is 3.00 bits per heavy atom. The van der Waals surface area contributed by atoms with Crippen molar-refractivity contribution >= 4 is 17.5 Å². The molecule has 0 fully saturated rings. The molecule has 0 radical (unpaired) electrons. The summed E-state index contributed by atoms with van der Waals surface area (Å²) >= 11 is 5.98. The van der Waals surface area contributed by atoms with Gasteiger partial charge in [-0.3, -0.25) is 4.79 Å². The molecule has 0 aliphatic carbocycles. The van der Waals surface area contributed by atoms with Crippen LogP contribution in [0.25, 0.3) is 0 Å². The van der Waals surface area contributed by atoms with Crippen LogP contribution in [0.2, 0.25) is 5.02 Å².